The third-order valence-corrected chi connectivity index (χ3v) is 6.55. The molecular weight excluding hydrogens is 278 g/mol. The van der Waals surface area contributed by atoms with Crippen LogP contribution >= 0.6 is 0 Å². The minimum Gasteiger partial charge on any atom is -0.393 e. The van der Waals surface area contributed by atoms with Crippen molar-refractivity contribution in [2.75, 3.05) is 26.7 Å². The van der Waals surface area contributed by atoms with Gasteiger partial charge in [0.05, 0.1) is 12.2 Å². The molecule has 2 aliphatic heterocycles. The van der Waals surface area contributed by atoms with Gasteiger partial charge in [-0.05, 0) is 32.1 Å². The monoisotopic (exact) mass is 307 g/mol. The predicted octanol–water partition coefficient (Wildman–Crippen LogP) is 1.37. The molecule has 0 bridgehead atoms. The zero-order valence-corrected chi connectivity index (χ0v) is 13.6. The Morgan fingerprint density at radius 1 is 1.23 bits per heavy atom. The van der Waals surface area contributed by atoms with E-state index in [0.29, 0.717) is 23.5 Å². The number of guanidine groups is 1. The molecule has 3 unspecified atom stereocenters. The van der Waals surface area contributed by atoms with Crippen molar-refractivity contribution in [1.82, 2.24) is 10.2 Å². The molecule has 0 amide bonds. The van der Waals surface area contributed by atoms with E-state index in [9.17, 15) is 5.11 Å². The number of nitrogens with zero attached hydrogens (tertiary/aromatic N) is 2. The van der Waals surface area contributed by atoms with E-state index < -0.39 is 0 Å². The second kappa shape index (κ2) is 5.68. The highest BCUT2D eigenvalue weighted by Crippen LogP contribution is 2.60. The van der Waals surface area contributed by atoms with Gasteiger partial charge in [0.2, 0.25) is 0 Å². The van der Waals surface area contributed by atoms with E-state index in [2.05, 4.69) is 15.2 Å². The van der Waals surface area contributed by atoms with Crippen molar-refractivity contribution >= 4 is 5.96 Å². The molecule has 2 heterocycles. The second-order valence-corrected chi connectivity index (χ2v) is 7.57. The molecule has 0 aromatic rings. The zero-order valence-electron chi connectivity index (χ0n) is 13.6. The number of hydrogen-bond donors (Lipinski definition) is 2. The van der Waals surface area contributed by atoms with Crippen LogP contribution in [0.15, 0.2) is 4.99 Å². The Labute approximate surface area is 133 Å². The van der Waals surface area contributed by atoms with Crippen LogP contribution in [-0.4, -0.2) is 61.0 Å². The highest BCUT2D eigenvalue weighted by molar-refractivity contribution is 5.80. The van der Waals surface area contributed by atoms with Gasteiger partial charge in [0.1, 0.15) is 0 Å². The molecule has 1 spiro atoms. The first kappa shape index (κ1) is 14.8. The van der Waals surface area contributed by atoms with Crippen LogP contribution in [-0.2, 0) is 4.74 Å². The topological polar surface area (TPSA) is 57.1 Å². The molecule has 2 saturated heterocycles. The van der Waals surface area contributed by atoms with Crippen LogP contribution < -0.4 is 5.32 Å². The van der Waals surface area contributed by atoms with Crippen LogP contribution in [0.2, 0.25) is 0 Å². The maximum Gasteiger partial charge on any atom is 0.193 e. The SMILES string of the molecule is CN=C(NC1C2CCOC2C12CCCC2)N1CCC(O)CC1. The van der Waals surface area contributed by atoms with Crippen LogP contribution in [0.1, 0.15) is 44.9 Å². The molecule has 2 aliphatic carbocycles. The van der Waals surface area contributed by atoms with Crippen LogP contribution in [0.4, 0.5) is 0 Å². The lowest BCUT2D eigenvalue weighted by molar-refractivity contribution is -0.125. The van der Waals surface area contributed by atoms with Gasteiger partial charge in [0.15, 0.2) is 5.96 Å². The summed E-state index contributed by atoms with van der Waals surface area (Å²) in [6, 6.07) is 0.535. The first-order valence-corrected chi connectivity index (χ1v) is 9.02. The smallest absolute Gasteiger partial charge is 0.193 e. The van der Waals surface area contributed by atoms with E-state index >= 15 is 0 Å². The molecule has 124 valence electrons. The van der Waals surface area contributed by atoms with Crippen molar-refractivity contribution in [2.24, 2.45) is 16.3 Å². The van der Waals surface area contributed by atoms with Gasteiger partial charge in [-0.3, -0.25) is 4.99 Å². The molecule has 4 aliphatic rings. The Morgan fingerprint density at radius 2 is 1.95 bits per heavy atom. The maximum absolute atomic E-state index is 9.71. The largest absolute Gasteiger partial charge is 0.393 e. The number of rotatable bonds is 1. The quantitative estimate of drug-likeness (QED) is 0.567. The number of ether oxygens (including phenoxy) is 1. The van der Waals surface area contributed by atoms with E-state index in [1.54, 1.807) is 0 Å². The van der Waals surface area contributed by atoms with Gasteiger partial charge in [-0.2, -0.15) is 0 Å². The number of fused-ring (bicyclic) bond motifs is 2. The van der Waals surface area contributed by atoms with Gasteiger partial charge in [-0.25, -0.2) is 0 Å². The summed E-state index contributed by atoms with van der Waals surface area (Å²) < 4.78 is 6.07. The average molecular weight is 307 g/mol. The lowest BCUT2D eigenvalue weighted by Crippen LogP contribution is -2.69. The molecule has 0 aromatic carbocycles. The Hall–Kier alpha value is -0.810. The fourth-order valence-corrected chi connectivity index (χ4v) is 5.42. The molecular formula is C17H29N3O2. The van der Waals surface area contributed by atoms with E-state index in [1.807, 2.05) is 7.05 Å². The van der Waals surface area contributed by atoms with Gasteiger partial charge >= 0.3 is 0 Å². The molecule has 5 heteroatoms. The van der Waals surface area contributed by atoms with Gasteiger partial charge in [0.25, 0.3) is 0 Å². The van der Waals surface area contributed by atoms with Crippen molar-refractivity contribution in [2.45, 2.75) is 63.2 Å². The Bertz CT molecular complexity index is 439. The lowest BCUT2D eigenvalue weighted by Gasteiger charge is -2.57. The van der Waals surface area contributed by atoms with Crippen LogP contribution in [0.5, 0.6) is 0 Å². The molecule has 0 radical (unpaired) electrons. The summed E-state index contributed by atoms with van der Waals surface area (Å²) in [5.74, 6) is 1.71. The number of aliphatic hydroxyl groups is 1. The van der Waals surface area contributed by atoms with Crippen LogP contribution in [0.25, 0.3) is 0 Å². The van der Waals surface area contributed by atoms with Crippen molar-refractivity contribution in [3.63, 3.8) is 0 Å². The summed E-state index contributed by atoms with van der Waals surface area (Å²) in [4.78, 5) is 6.85. The Kier molecular flexibility index (Phi) is 3.81. The van der Waals surface area contributed by atoms with Crippen molar-refractivity contribution in [1.29, 1.82) is 0 Å². The molecule has 4 fully saturated rings. The summed E-state index contributed by atoms with van der Waals surface area (Å²) in [6.45, 7) is 2.75. The third kappa shape index (κ3) is 2.16. The lowest BCUT2D eigenvalue weighted by atomic mass is 9.54. The zero-order chi connectivity index (χ0) is 15.2. The first-order chi connectivity index (χ1) is 10.7. The molecule has 22 heavy (non-hydrogen) atoms. The average Bonchev–Trinajstić information content (AvgIpc) is 3.17. The number of piperidine rings is 1. The number of aliphatic imine (C=N–C) groups is 1. The standard InChI is InChI=1S/C17H29N3O2/c1-18-16(20-9-4-12(21)5-10-20)19-14-13-6-11-22-15(13)17(14)7-2-3-8-17/h12-15,21H,2-11H2,1H3,(H,18,19). The number of aliphatic hydroxyl groups excluding tert-OH is 1. The molecule has 4 rings (SSSR count). The molecule has 2 saturated carbocycles. The van der Waals surface area contributed by atoms with Crippen LogP contribution in [0.3, 0.4) is 0 Å². The fraction of sp³-hybridized carbons (Fsp3) is 0.941. The van der Waals surface area contributed by atoms with Crippen molar-refractivity contribution < 1.29 is 9.84 Å². The number of nitrogens with one attached hydrogen (secondary N) is 1. The minimum atomic E-state index is -0.133. The predicted molar refractivity (Wildman–Crippen MR) is 85.8 cm³/mol. The maximum atomic E-state index is 9.71. The summed E-state index contributed by atoms with van der Waals surface area (Å²) in [7, 11) is 1.88. The van der Waals surface area contributed by atoms with Crippen LogP contribution in [0, 0.1) is 11.3 Å². The van der Waals surface area contributed by atoms with Gasteiger partial charge in [-0.1, -0.05) is 12.8 Å². The number of hydrogen-bond acceptors (Lipinski definition) is 3. The molecule has 2 N–H and O–H groups in total. The highest BCUT2D eigenvalue weighted by atomic mass is 16.5. The van der Waals surface area contributed by atoms with Crippen molar-refractivity contribution in [3.8, 4) is 0 Å². The second-order valence-electron chi connectivity index (χ2n) is 7.57. The fourth-order valence-electron chi connectivity index (χ4n) is 5.42. The van der Waals surface area contributed by atoms with Gasteiger partial charge in [-0.15, -0.1) is 0 Å². The van der Waals surface area contributed by atoms with E-state index in [1.165, 1.54) is 32.1 Å². The molecule has 3 atom stereocenters. The Morgan fingerprint density at radius 3 is 2.64 bits per heavy atom. The third-order valence-electron chi connectivity index (χ3n) is 6.55. The van der Waals surface area contributed by atoms with E-state index in [0.717, 1.165) is 38.5 Å². The summed E-state index contributed by atoms with van der Waals surface area (Å²) in [5, 5.41) is 13.5. The summed E-state index contributed by atoms with van der Waals surface area (Å²) in [6.07, 6.45) is 8.57. The van der Waals surface area contributed by atoms with E-state index in [4.69, 9.17) is 4.74 Å². The summed E-state index contributed by atoms with van der Waals surface area (Å²) >= 11 is 0. The molecule has 0 aromatic heterocycles. The highest BCUT2D eigenvalue weighted by Gasteiger charge is 2.65. The summed E-state index contributed by atoms with van der Waals surface area (Å²) in [5.41, 5.74) is 0.367. The minimum absolute atomic E-state index is 0.133. The molecule has 5 nitrogen and oxygen atoms in total. The normalized spacial score (nSPS) is 38.2. The number of likely N-dealkylation sites (tertiary alicyclic amines) is 1. The van der Waals surface area contributed by atoms with E-state index in [-0.39, 0.29) is 6.10 Å². The van der Waals surface area contributed by atoms with Gasteiger partial charge < -0.3 is 20.1 Å². The van der Waals surface area contributed by atoms with Crippen molar-refractivity contribution in [3.05, 3.63) is 0 Å². The Balaban J connectivity index is 1.47. The first-order valence-electron chi connectivity index (χ1n) is 9.02. The van der Waals surface area contributed by atoms with Gasteiger partial charge in [0, 0.05) is 44.1 Å².